The fraction of sp³-hybridized carbons (Fsp3) is 0.400. The van der Waals surface area contributed by atoms with Crippen LogP contribution in [0.1, 0.15) is 41.0 Å². The molecule has 1 aromatic heterocycles. The molecule has 2 aromatic rings. The van der Waals surface area contributed by atoms with Gasteiger partial charge in [-0.15, -0.1) is 0 Å². The molecule has 0 spiro atoms. The first kappa shape index (κ1) is 12.8. The fourth-order valence-electron chi connectivity index (χ4n) is 2.27. The van der Waals surface area contributed by atoms with E-state index in [1.807, 2.05) is 6.92 Å². The van der Waals surface area contributed by atoms with Crippen molar-refractivity contribution in [3.63, 3.8) is 0 Å². The third kappa shape index (κ3) is 2.62. The third-order valence-electron chi connectivity index (χ3n) is 3.52. The summed E-state index contributed by atoms with van der Waals surface area (Å²) in [5.41, 5.74) is 6.19. The summed E-state index contributed by atoms with van der Waals surface area (Å²) in [6.07, 6.45) is 0. The van der Waals surface area contributed by atoms with Gasteiger partial charge in [-0.25, -0.2) is 0 Å². The predicted molar refractivity (Wildman–Crippen MR) is 74.5 cm³/mol. The molecule has 0 radical (unpaired) electrons. The second-order valence-electron chi connectivity index (χ2n) is 4.87. The van der Waals surface area contributed by atoms with Crippen LogP contribution in [0.15, 0.2) is 24.3 Å². The third-order valence-corrected chi connectivity index (χ3v) is 3.52. The largest absolute Gasteiger partial charge is 0.306 e. The van der Waals surface area contributed by atoms with Crippen LogP contribution in [0.3, 0.4) is 0 Å². The molecule has 0 aliphatic carbocycles. The average molecular weight is 243 g/mol. The van der Waals surface area contributed by atoms with Gasteiger partial charge in [0.1, 0.15) is 0 Å². The molecule has 3 nitrogen and oxygen atoms in total. The lowest BCUT2D eigenvalue weighted by molar-refractivity contribution is 0.570. The minimum absolute atomic E-state index is 0.347. The lowest BCUT2D eigenvalue weighted by atomic mass is 10.0. The Kier molecular flexibility index (Phi) is 3.82. The first-order valence-corrected chi connectivity index (χ1v) is 6.39. The van der Waals surface area contributed by atoms with E-state index in [2.05, 4.69) is 60.6 Å². The summed E-state index contributed by atoms with van der Waals surface area (Å²) in [5.74, 6) is 0. The molecule has 2 rings (SSSR count). The Balaban J connectivity index is 2.05. The van der Waals surface area contributed by atoms with E-state index >= 15 is 0 Å². The van der Waals surface area contributed by atoms with Crippen molar-refractivity contribution in [3.8, 4) is 0 Å². The molecule has 1 unspecified atom stereocenters. The van der Waals surface area contributed by atoms with E-state index in [1.54, 1.807) is 0 Å². The van der Waals surface area contributed by atoms with E-state index in [4.69, 9.17) is 0 Å². The highest BCUT2D eigenvalue weighted by Gasteiger charge is 2.10. The van der Waals surface area contributed by atoms with Gasteiger partial charge in [-0.3, -0.25) is 5.10 Å². The van der Waals surface area contributed by atoms with Crippen molar-refractivity contribution < 1.29 is 0 Å². The number of aromatic amines is 1. The van der Waals surface area contributed by atoms with Crippen LogP contribution in [0, 0.1) is 20.8 Å². The molecule has 3 heteroatoms. The van der Waals surface area contributed by atoms with Crippen LogP contribution in [-0.4, -0.2) is 10.2 Å². The lowest BCUT2D eigenvalue weighted by Crippen LogP contribution is -2.19. The number of benzene rings is 1. The Hall–Kier alpha value is -1.61. The zero-order chi connectivity index (χ0) is 13.1. The summed E-state index contributed by atoms with van der Waals surface area (Å²) in [6.45, 7) is 9.31. The van der Waals surface area contributed by atoms with Gasteiger partial charge in [-0.05, 0) is 38.8 Å². The maximum atomic E-state index is 4.22. The van der Waals surface area contributed by atoms with Gasteiger partial charge < -0.3 is 5.32 Å². The van der Waals surface area contributed by atoms with Crippen LogP contribution in [0.2, 0.25) is 0 Å². The number of aryl methyl sites for hydroxylation is 3. The minimum atomic E-state index is 0.347. The predicted octanol–water partition coefficient (Wildman–Crippen LogP) is 3.19. The van der Waals surface area contributed by atoms with Crippen molar-refractivity contribution in [1.82, 2.24) is 15.5 Å². The van der Waals surface area contributed by atoms with Crippen LogP contribution in [0.4, 0.5) is 0 Å². The van der Waals surface area contributed by atoms with Crippen LogP contribution >= 0.6 is 0 Å². The summed E-state index contributed by atoms with van der Waals surface area (Å²) in [4.78, 5) is 0. The van der Waals surface area contributed by atoms with Gasteiger partial charge in [0.25, 0.3) is 0 Å². The van der Waals surface area contributed by atoms with E-state index < -0.39 is 0 Å². The van der Waals surface area contributed by atoms with E-state index in [9.17, 15) is 0 Å². The Morgan fingerprint density at radius 2 is 1.94 bits per heavy atom. The summed E-state index contributed by atoms with van der Waals surface area (Å²) in [5, 5.41) is 10.8. The molecular weight excluding hydrogens is 222 g/mol. The van der Waals surface area contributed by atoms with Gasteiger partial charge in [0.2, 0.25) is 0 Å². The molecule has 96 valence electrons. The molecule has 0 aliphatic rings. The minimum Gasteiger partial charge on any atom is -0.306 e. The normalized spacial score (nSPS) is 12.7. The molecule has 1 atom stereocenters. The molecular formula is C15H21N3. The molecule has 0 fully saturated rings. The molecule has 1 aromatic carbocycles. The van der Waals surface area contributed by atoms with E-state index in [1.165, 1.54) is 16.7 Å². The molecule has 0 saturated carbocycles. The SMILES string of the molecule is Cc1ccccc1C(C)NCc1c(C)n[nH]c1C. The number of hydrogen-bond donors (Lipinski definition) is 2. The van der Waals surface area contributed by atoms with Crippen molar-refractivity contribution >= 4 is 0 Å². The topological polar surface area (TPSA) is 40.7 Å². The van der Waals surface area contributed by atoms with Gasteiger partial charge in [-0.1, -0.05) is 24.3 Å². The highest BCUT2D eigenvalue weighted by atomic mass is 15.1. The molecule has 0 amide bonds. The van der Waals surface area contributed by atoms with Gasteiger partial charge in [0.05, 0.1) is 5.69 Å². The Morgan fingerprint density at radius 1 is 1.22 bits per heavy atom. The first-order chi connectivity index (χ1) is 8.59. The van der Waals surface area contributed by atoms with Crippen molar-refractivity contribution in [1.29, 1.82) is 0 Å². The Morgan fingerprint density at radius 3 is 2.56 bits per heavy atom. The van der Waals surface area contributed by atoms with Crippen LogP contribution < -0.4 is 5.32 Å². The first-order valence-electron chi connectivity index (χ1n) is 6.39. The molecule has 2 N–H and O–H groups in total. The van der Waals surface area contributed by atoms with Gasteiger partial charge >= 0.3 is 0 Å². The lowest BCUT2D eigenvalue weighted by Gasteiger charge is -2.16. The van der Waals surface area contributed by atoms with Gasteiger partial charge in [-0.2, -0.15) is 5.10 Å². The standard InChI is InChI=1S/C15H21N3/c1-10-7-5-6-8-14(10)11(2)16-9-15-12(3)17-18-13(15)4/h5-8,11,16H,9H2,1-4H3,(H,17,18). The summed E-state index contributed by atoms with van der Waals surface area (Å²) < 4.78 is 0. The number of hydrogen-bond acceptors (Lipinski definition) is 2. The van der Waals surface area contributed by atoms with E-state index in [-0.39, 0.29) is 0 Å². The zero-order valence-corrected chi connectivity index (χ0v) is 11.5. The fourth-order valence-corrected chi connectivity index (χ4v) is 2.27. The smallest absolute Gasteiger partial charge is 0.0638 e. The van der Waals surface area contributed by atoms with Crippen molar-refractivity contribution in [2.24, 2.45) is 0 Å². The highest BCUT2D eigenvalue weighted by Crippen LogP contribution is 2.18. The van der Waals surface area contributed by atoms with Crippen LogP contribution in [0.25, 0.3) is 0 Å². The van der Waals surface area contributed by atoms with Gasteiger partial charge in [0, 0.05) is 23.8 Å². The molecule has 1 heterocycles. The quantitative estimate of drug-likeness (QED) is 0.866. The number of rotatable bonds is 4. The Labute approximate surface area is 109 Å². The van der Waals surface area contributed by atoms with E-state index in [0.29, 0.717) is 6.04 Å². The Bertz CT molecular complexity index is 509. The second kappa shape index (κ2) is 5.36. The number of H-pyrrole nitrogens is 1. The number of aromatic nitrogens is 2. The van der Waals surface area contributed by atoms with Gasteiger partial charge in [0.15, 0.2) is 0 Å². The van der Waals surface area contributed by atoms with Crippen LogP contribution in [-0.2, 0) is 6.54 Å². The monoisotopic (exact) mass is 243 g/mol. The summed E-state index contributed by atoms with van der Waals surface area (Å²) in [6, 6.07) is 8.86. The second-order valence-corrected chi connectivity index (χ2v) is 4.87. The number of nitrogens with one attached hydrogen (secondary N) is 2. The highest BCUT2D eigenvalue weighted by molar-refractivity contribution is 5.29. The summed E-state index contributed by atoms with van der Waals surface area (Å²) >= 11 is 0. The van der Waals surface area contributed by atoms with Crippen molar-refractivity contribution in [2.75, 3.05) is 0 Å². The molecule has 0 bridgehead atoms. The maximum Gasteiger partial charge on any atom is 0.0638 e. The van der Waals surface area contributed by atoms with Crippen LogP contribution in [0.5, 0.6) is 0 Å². The summed E-state index contributed by atoms with van der Waals surface area (Å²) in [7, 11) is 0. The molecule has 0 saturated heterocycles. The molecule has 18 heavy (non-hydrogen) atoms. The number of nitrogens with zero attached hydrogens (tertiary/aromatic N) is 1. The van der Waals surface area contributed by atoms with Crippen molar-refractivity contribution in [2.45, 2.75) is 40.3 Å². The van der Waals surface area contributed by atoms with E-state index in [0.717, 1.165) is 17.9 Å². The zero-order valence-electron chi connectivity index (χ0n) is 11.5. The molecule has 0 aliphatic heterocycles. The maximum absolute atomic E-state index is 4.22. The van der Waals surface area contributed by atoms with Crippen molar-refractivity contribution in [3.05, 3.63) is 52.3 Å². The average Bonchev–Trinajstić information content (AvgIpc) is 2.67.